The molecule has 1 fully saturated rings. The second-order valence-corrected chi connectivity index (χ2v) is 10.4. The maximum Gasteiger partial charge on any atom is 0.238 e. The van der Waals surface area contributed by atoms with Crippen molar-refractivity contribution in [2.24, 2.45) is 17.8 Å². The van der Waals surface area contributed by atoms with Crippen LogP contribution in [0.1, 0.15) is 48.5 Å². The van der Waals surface area contributed by atoms with Crippen molar-refractivity contribution in [3.63, 3.8) is 0 Å². The Kier molecular flexibility index (Phi) is 5.42. The van der Waals surface area contributed by atoms with Gasteiger partial charge in [-0.05, 0) is 80.6 Å². The molecule has 7 nitrogen and oxygen atoms in total. The molecule has 0 aromatic heterocycles. The number of amides is 2. The Bertz CT molecular complexity index is 1540. The summed E-state index contributed by atoms with van der Waals surface area (Å²) >= 11 is 0. The number of anilines is 1. The number of nitrogens with zero attached hydrogens (tertiary/aromatic N) is 1. The van der Waals surface area contributed by atoms with Gasteiger partial charge in [-0.1, -0.05) is 23.8 Å². The molecule has 6 rings (SSSR count). The predicted octanol–water partition coefficient (Wildman–Crippen LogP) is 4.23. The summed E-state index contributed by atoms with van der Waals surface area (Å²) in [7, 11) is 0. The monoisotopic (exact) mass is 507 g/mol. The standard InChI is InChI=1S/C31H25NO6/c1-15-13-25(35)24-14-23-21(26(28(24)29(15)36)18-5-9-20(34)10-6-18)11-12-22-27(23)31(38)32(30(22)37)19-7-3-17(4-8-19)16(2)33/h3-11,13,22-23,26-27,34H,12,14H2,1-2H3/t22-,23+,26-,27-/m0/s1. The molecule has 2 amide bonds. The summed E-state index contributed by atoms with van der Waals surface area (Å²) < 4.78 is 0. The number of benzene rings is 2. The third-order valence-electron chi connectivity index (χ3n) is 8.32. The largest absolute Gasteiger partial charge is 0.508 e. The zero-order valence-electron chi connectivity index (χ0n) is 20.9. The Morgan fingerprint density at radius 2 is 1.61 bits per heavy atom. The first kappa shape index (κ1) is 24.0. The van der Waals surface area contributed by atoms with E-state index in [1.54, 1.807) is 55.5 Å². The molecule has 1 heterocycles. The first-order valence-electron chi connectivity index (χ1n) is 12.7. The van der Waals surface area contributed by atoms with Gasteiger partial charge >= 0.3 is 0 Å². The molecule has 4 atom stereocenters. The maximum absolute atomic E-state index is 13.9. The minimum absolute atomic E-state index is 0.0816. The van der Waals surface area contributed by atoms with Crippen molar-refractivity contribution in [1.82, 2.24) is 0 Å². The molecule has 1 N–H and O–H groups in total. The van der Waals surface area contributed by atoms with Crippen molar-refractivity contribution in [2.45, 2.75) is 32.6 Å². The summed E-state index contributed by atoms with van der Waals surface area (Å²) in [5.74, 6) is -3.30. The number of aromatic hydroxyl groups is 1. The van der Waals surface area contributed by atoms with E-state index in [0.717, 1.165) is 11.1 Å². The first-order chi connectivity index (χ1) is 18.2. The Hall–Kier alpha value is -4.39. The SMILES string of the molecule is CC(=O)c1ccc(N2C(=O)[C@H]3[C@H](CC=C4[C@H](c5ccc(O)cc5)C5=C(C[C@H]43)C(=O)C=C(C)C5=O)C2=O)cc1. The topological polar surface area (TPSA) is 109 Å². The van der Waals surface area contributed by atoms with Gasteiger partial charge in [0.2, 0.25) is 11.8 Å². The van der Waals surface area contributed by atoms with Gasteiger partial charge in [-0.3, -0.25) is 28.9 Å². The smallest absolute Gasteiger partial charge is 0.238 e. The number of carbonyl (C=O) groups is 5. The number of ketones is 3. The fourth-order valence-corrected chi connectivity index (χ4v) is 6.51. The van der Waals surface area contributed by atoms with Gasteiger partial charge in [0, 0.05) is 28.2 Å². The summed E-state index contributed by atoms with van der Waals surface area (Å²) in [5, 5.41) is 9.86. The van der Waals surface area contributed by atoms with Gasteiger partial charge in [0.1, 0.15) is 5.75 Å². The van der Waals surface area contributed by atoms with Crippen molar-refractivity contribution in [1.29, 1.82) is 0 Å². The summed E-state index contributed by atoms with van der Waals surface area (Å²) in [4.78, 5) is 66.8. The van der Waals surface area contributed by atoms with E-state index in [9.17, 15) is 29.1 Å². The lowest BCUT2D eigenvalue weighted by atomic mass is 9.59. The highest BCUT2D eigenvalue weighted by Gasteiger charge is 2.56. The van der Waals surface area contributed by atoms with E-state index in [0.29, 0.717) is 34.4 Å². The van der Waals surface area contributed by atoms with Crippen LogP contribution >= 0.6 is 0 Å². The molecule has 2 aromatic rings. The summed E-state index contributed by atoms with van der Waals surface area (Å²) in [5.41, 5.74) is 3.70. The molecular formula is C31H25NO6. The van der Waals surface area contributed by atoms with Gasteiger partial charge in [0.25, 0.3) is 0 Å². The minimum atomic E-state index is -0.668. The lowest BCUT2D eigenvalue weighted by Crippen LogP contribution is -2.39. The van der Waals surface area contributed by atoms with Crippen LogP contribution in [0.4, 0.5) is 5.69 Å². The lowest BCUT2D eigenvalue weighted by Gasteiger charge is -2.42. The van der Waals surface area contributed by atoms with E-state index in [-0.39, 0.29) is 41.3 Å². The van der Waals surface area contributed by atoms with E-state index in [1.807, 2.05) is 6.08 Å². The van der Waals surface area contributed by atoms with Crippen LogP contribution in [0, 0.1) is 17.8 Å². The number of fused-ring (bicyclic) bond motifs is 3. The van der Waals surface area contributed by atoms with Crippen LogP contribution in [0.15, 0.2) is 83.0 Å². The number of allylic oxidation sites excluding steroid dienone is 6. The second kappa shape index (κ2) is 8.58. The van der Waals surface area contributed by atoms with E-state index in [1.165, 1.54) is 17.9 Å². The zero-order chi connectivity index (χ0) is 26.9. The Balaban J connectivity index is 1.44. The number of phenols is 1. The number of Topliss-reactive ketones (excluding diaryl/α,β-unsaturated/α-hetero) is 2. The van der Waals surface area contributed by atoms with Crippen molar-refractivity contribution in [2.75, 3.05) is 4.90 Å². The second-order valence-electron chi connectivity index (χ2n) is 10.4. The van der Waals surface area contributed by atoms with Crippen LogP contribution < -0.4 is 4.90 Å². The predicted molar refractivity (Wildman–Crippen MR) is 138 cm³/mol. The molecule has 2 aromatic carbocycles. The molecule has 1 aliphatic heterocycles. The fraction of sp³-hybridized carbons (Fsp3) is 0.258. The average molecular weight is 508 g/mol. The molecule has 7 heteroatoms. The molecule has 0 radical (unpaired) electrons. The quantitative estimate of drug-likeness (QED) is 0.288. The van der Waals surface area contributed by atoms with Gasteiger partial charge in [-0.2, -0.15) is 0 Å². The first-order valence-corrected chi connectivity index (χ1v) is 12.7. The van der Waals surface area contributed by atoms with E-state index in [2.05, 4.69) is 0 Å². The van der Waals surface area contributed by atoms with Crippen molar-refractivity contribution in [3.8, 4) is 5.75 Å². The number of carbonyl (C=O) groups excluding carboxylic acids is 5. The van der Waals surface area contributed by atoms with Gasteiger partial charge in [-0.25, -0.2) is 0 Å². The minimum Gasteiger partial charge on any atom is -0.508 e. The summed E-state index contributed by atoms with van der Waals surface area (Å²) in [6.07, 6.45) is 3.87. The highest BCUT2D eigenvalue weighted by Crippen LogP contribution is 2.55. The Morgan fingerprint density at radius 3 is 2.26 bits per heavy atom. The molecule has 4 aliphatic rings. The van der Waals surface area contributed by atoms with Crippen molar-refractivity contribution >= 4 is 34.9 Å². The van der Waals surface area contributed by atoms with E-state index >= 15 is 0 Å². The van der Waals surface area contributed by atoms with Gasteiger partial charge < -0.3 is 5.11 Å². The summed E-state index contributed by atoms with van der Waals surface area (Å²) in [6.45, 7) is 3.08. The Morgan fingerprint density at radius 1 is 0.921 bits per heavy atom. The number of rotatable bonds is 3. The molecule has 190 valence electrons. The third-order valence-corrected chi connectivity index (χ3v) is 8.32. The highest BCUT2D eigenvalue weighted by molar-refractivity contribution is 6.25. The Labute approximate surface area is 219 Å². The van der Waals surface area contributed by atoms with Crippen LogP contribution in [0.5, 0.6) is 5.75 Å². The molecule has 0 unspecified atom stereocenters. The fourth-order valence-electron chi connectivity index (χ4n) is 6.51. The maximum atomic E-state index is 13.9. The normalized spacial score (nSPS) is 26.5. The number of hydrogen-bond donors (Lipinski definition) is 1. The molecule has 38 heavy (non-hydrogen) atoms. The molecule has 0 spiro atoms. The van der Waals surface area contributed by atoms with Crippen molar-refractivity contribution in [3.05, 3.63) is 94.1 Å². The molecule has 1 saturated heterocycles. The van der Waals surface area contributed by atoms with Crippen LogP contribution in [-0.4, -0.2) is 34.3 Å². The molecular weight excluding hydrogens is 482 g/mol. The average Bonchev–Trinajstić information content (AvgIpc) is 3.16. The van der Waals surface area contributed by atoms with Crippen LogP contribution in [0.2, 0.25) is 0 Å². The number of imide groups is 1. The third kappa shape index (κ3) is 3.45. The van der Waals surface area contributed by atoms with Crippen LogP contribution in [0.25, 0.3) is 0 Å². The number of phenolic OH excluding ortho intramolecular Hbond substituents is 1. The lowest BCUT2D eigenvalue weighted by molar-refractivity contribution is -0.123. The molecule has 0 bridgehead atoms. The van der Waals surface area contributed by atoms with Gasteiger partial charge in [0.15, 0.2) is 17.3 Å². The zero-order valence-corrected chi connectivity index (χ0v) is 20.9. The van der Waals surface area contributed by atoms with Crippen LogP contribution in [0.3, 0.4) is 0 Å². The van der Waals surface area contributed by atoms with E-state index in [4.69, 9.17) is 0 Å². The summed E-state index contributed by atoms with van der Waals surface area (Å²) in [6, 6.07) is 13.0. The molecule has 3 aliphatic carbocycles. The van der Waals surface area contributed by atoms with Crippen LogP contribution in [-0.2, 0) is 19.2 Å². The van der Waals surface area contributed by atoms with Gasteiger partial charge in [-0.15, -0.1) is 0 Å². The molecule has 0 saturated carbocycles. The van der Waals surface area contributed by atoms with E-state index < -0.39 is 23.7 Å². The van der Waals surface area contributed by atoms with Crippen molar-refractivity contribution < 1.29 is 29.1 Å². The highest BCUT2D eigenvalue weighted by atomic mass is 16.3. The van der Waals surface area contributed by atoms with Gasteiger partial charge in [0.05, 0.1) is 17.5 Å². The number of hydrogen-bond acceptors (Lipinski definition) is 6.